The monoisotopic (exact) mass is 602 g/mol. The summed E-state index contributed by atoms with van der Waals surface area (Å²) in [7, 11) is 0. The average molecular weight is 604 g/mol. The summed E-state index contributed by atoms with van der Waals surface area (Å²) in [4.78, 5) is 0. The largest absolute Gasteiger partial charge is 0.206 e. The fourth-order valence-corrected chi connectivity index (χ4v) is 6.76. The Morgan fingerprint density at radius 2 is 0.775 bits per heavy atom. The molecule has 0 saturated heterocycles. The van der Waals surface area contributed by atoms with Gasteiger partial charge in [-0.3, -0.25) is 0 Å². The summed E-state index contributed by atoms with van der Waals surface area (Å²) in [6, 6.07) is 35.9. The predicted molar refractivity (Wildman–Crippen MR) is 170 cm³/mol. The molecule has 0 bridgehead atoms. The van der Waals surface area contributed by atoms with E-state index in [1.165, 1.54) is 6.07 Å². The van der Waals surface area contributed by atoms with Crippen molar-refractivity contribution < 1.29 is 8.78 Å². The van der Waals surface area contributed by atoms with Crippen molar-refractivity contribution in [2.24, 2.45) is 0 Å². The lowest BCUT2D eigenvalue weighted by Gasteiger charge is -2.14. The Morgan fingerprint density at radius 3 is 1.32 bits per heavy atom. The highest BCUT2D eigenvalue weighted by Crippen LogP contribution is 2.41. The van der Waals surface area contributed by atoms with E-state index in [0.29, 0.717) is 4.47 Å². The van der Waals surface area contributed by atoms with Crippen LogP contribution in [-0.2, 0) is 0 Å². The molecule has 0 aromatic heterocycles. The maximum absolute atomic E-state index is 14.8. The molecule has 0 aliphatic carbocycles. The Bertz CT molecular complexity index is 2210. The smallest absolute Gasteiger partial charge is 0.142 e. The molecule has 0 aliphatic rings. The van der Waals surface area contributed by atoms with E-state index < -0.39 is 5.82 Å². The summed E-state index contributed by atoms with van der Waals surface area (Å²) >= 11 is 9.66. The Hall–Kier alpha value is -4.05. The van der Waals surface area contributed by atoms with Crippen LogP contribution >= 0.6 is 27.5 Å². The molecule has 0 atom stereocenters. The lowest BCUT2D eigenvalue weighted by Crippen LogP contribution is -1.89. The van der Waals surface area contributed by atoms with Gasteiger partial charge in [0.25, 0.3) is 0 Å². The molecule has 0 fully saturated rings. The molecule has 0 amide bonds. The summed E-state index contributed by atoms with van der Waals surface area (Å²) < 4.78 is 29.9. The molecule has 190 valence electrons. The minimum absolute atomic E-state index is 0.103. The van der Waals surface area contributed by atoms with Crippen molar-refractivity contribution in [1.29, 1.82) is 0 Å². The van der Waals surface area contributed by atoms with Crippen molar-refractivity contribution in [1.82, 2.24) is 0 Å². The number of rotatable bonds is 1. The van der Waals surface area contributed by atoms with Gasteiger partial charge in [-0.25, -0.2) is 8.78 Å². The zero-order valence-corrected chi connectivity index (χ0v) is 23.2. The molecule has 0 spiro atoms. The number of hydrogen-bond acceptors (Lipinski definition) is 0. The van der Waals surface area contributed by atoms with Gasteiger partial charge in [0.2, 0.25) is 0 Å². The highest BCUT2D eigenvalue weighted by Gasteiger charge is 2.15. The van der Waals surface area contributed by atoms with Gasteiger partial charge in [-0.05, 0) is 128 Å². The molecule has 40 heavy (non-hydrogen) atoms. The van der Waals surface area contributed by atoms with Gasteiger partial charge < -0.3 is 0 Å². The van der Waals surface area contributed by atoms with E-state index in [4.69, 9.17) is 11.6 Å². The number of fused-ring (bicyclic) bond motifs is 12. The van der Waals surface area contributed by atoms with Crippen molar-refractivity contribution in [3.05, 3.63) is 130 Å². The fraction of sp³-hybridized carbons (Fsp3) is 0. The molecule has 0 radical (unpaired) electrons. The second kappa shape index (κ2) is 8.72. The van der Waals surface area contributed by atoms with Crippen molar-refractivity contribution in [2.45, 2.75) is 0 Å². The van der Waals surface area contributed by atoms with Crippen LogP contribution in [0.4, 0.5) is 8.78 Å². The molecule has 0 heterocycles. The number of benzene rings is 8. The van der Waals surface area contributed by atoms with Crippen LogP contribution in [0.3, 0.4) is 0 Å². The van der Waals surface area contributed by atoms with E-state index in [9.17, 15) is 8.78 Å². The van der Waals surface area contributed by atoms with Gasteiger partial charge in [0, 0.05) is 0 Å². The first kappa shape index (κ1) is 23.8. The average Bonchev–Trinajstić information content (AvgIpc) is 2.98. The standard InChI is InChI=1S/C36H18BrClF2/c37-33-15-29-23-7-3-1-5-21(23)26-12-10-20(14-28(26)32(29)17-35(33)39)19-9-11-25-22-6-2-4-8-24(22)31-18-36(40)34(38)16-30(31)27(25)13-19/h1-18H. The molecule has 0 N–H and O–H groups in total. The molecule has 8 rings (SSSR count). The Morgan fingerprint density at radius 1 is 0.400 bits per heavy atom. The van der Waals surface area contributed by atoms with Crippen LogP contribution in [0.5, 0.6) is 0 Å². The zero-order valence-electron chi connectivity index (χ0n) is 20.9. The Kier molecular flexibility index (Phi) is 5.19. The minimum atomic E-state index is -0.428. The minimum Gasteiger partial charge on any atom is -0.206 e. The maximum atomic E-state index is 14.8. The highest BCUT2D eigenvalue weighted by atomic mass is 79.9. The van der Waals surface area contributed by atoms with Gasteiger partial charge >= 0.3 is 0 Å². The number of halogens is 4. The van der Waals surface area contributed by atoms with E-state index in [1.807, 2.05) is 36.4 Å². The van der Waals surface area contributed by atoms with E-state index in [1.54, 1.807) is 12.1 Å². The third-order valence-electron chi connectivity index (χ3n) is 8.09. The Labute approximate surface area is 241 Å². The van der Waals surface area contributed by atoms with Crippen molar-refractivity contribution in [3.8, 4) is 11.1 Å². The molecule has 0 unspecified atom stereocenters. The molecule has 0 saturated carbocycles. The second-order valence-electron chi connectivity index (χ2n) is 10.2. The topological polar surface area (TPSA) is 0 Å². The van der Waals surface area contributed by atoms with Crippen LogP contribution in [0.15, 0.2) is 114 Å². The lowest BCUT2D eigenvalue weighted by molar-refractivity contribution is 0.623. The van der Waals surface area contributed by atoms with Gasteiger partial charge in [0.1, 0.15) is 11.6 Å². The van der Waals surface area contributed by atoms with Gasteiger partial charge in [-0.2, -0.15) is 0 Å². The van der Waals surface area contributed by atoms with Crippen LogP contribution in [-0.4, -0.2) is 0 Å². The third-order valence-corrected chi connectivity index (χ3v) is 8.99. The SMILES string of the molecule is Fc1cc2c3ccccc3c3ccc(-c4ccc5c6ccccc6c6cc(Br)c(F)cc6c5c4)cc3c2cc1Cl. The molecule has 8 aromatic rings. The summed E-state index contributed by atoms with van der Waals surface area (Å²) in [5.41, 5.74) is 2.04. The first-order valence-electron chi connectivity index (χ1n) is 12.9. The zero-order chi connectivity index (χ0) is 27.1. The van der Waals surface area contributed by atoms with E-state index in [-0.39, 0.29) is 10.8 Å². The fourth-order valence-electron chi connectivity index (χ4n) is 6.25. The lowest BCUT2D eigenvalue weighted by atomic mass is 9.90. The number of hydrogen-bond donors (Lipinski definition) is 0. The summed E-state index contributed by atoms with van der Waals surface area (Å²) in [6.07, 6.45) is 0. The van der Waals surface area contributed by atoms with Crippen LogP contribution in [0.1, 0.15) is 0 Å². The molecule has 8 aromatic carbocycles. The predicted octanol–water partition coefficient (Wildman–Crippen LogP) is 12.0. The molecule has 4 heteroatoms. The normalized spacial score (nSPS) is 12.0. The van der Waals surface area contributed by atoms with Gasteiger partial charge in [-0.1, -0.05) is 84.4 Å². The molecule has 0 nitrogen and oxygen atoms in total. The first-order valence-corrected chi connectivity index (χ1v) is 14.1. The van der Waals surface area contributed by atoms with Gasteiger partial charge in [-0.15, -0.1) is 0 Å². The summed E-state index contributed by atoms with van der Waals surface area (Å²) in [6.45, 7) is 0. The van der Waals surface area contributed by atoms with Crippen molar-refractivity contribution in [2.75, 3.05) is 0 Å². The molecular weight excluding hydrogens is 586 g/mol. The van der Waals surface area contributed by atoms with Crippen molar-refractivity contribution in [3.63, 3.8) is 0 Å². The van der Waals surface area contributed by atoms with Crippen LogP contribution < -0.4 is 0 Å². The quantitative estimate of drug-likeness (QED) is 0.164. The van der Waals surface area contributed by atoms with E-state index in [0.717, 1.165) is 75.8 Å². The summed E-state index contributed by atoms with van der Waals surface area (Å²) in [5.74, 6) is -0.718. The second-order valence-corrected chi connectivity index (χ2v) is 11.5. The van der Waals surface area contributed by atoms with Crippen LogP contribution in [0.2, 0.25) is 5.02 Å². The van der Waals surface area contributed by atoms with Crippen molar-refractivity contribution >= 4 is 92.2 Å². The summed E-state index contributed by atoms with van der Waals surface area (Å²) in [5, 5.41) is 12.1. The third kappa shape index (κ3) is 3.41. The highest BCUT2D eigenvalue weighted by molar-refractivity contribution is 9.10. The van der Waals surface area contributed by atoms with E-state index >= 15 is 0 Å². The molecular formula is C36H18BrClF2. The Balaban J connectivity index is 1.46. The van der Waals surface area contributed by atoms with Gasteiger partial charge in [0.15, 0.2) is 0 Å². The molecule has 0 aliphatic heterocycles. The maximum Gasteiger partial charge on any atom is 0.142 e. The van der Waals surface area contributed by atoms with Gasteiger partial charge in [0.05, 0.1) is 9.50 Å². The van der Waals surface area contributed by atoms with Crippen LogP contribution in [0.25, 0.3) is 75.8 Å². The van der Waals surface area contributed by atoms with Crippen LogP contribution in [0, 0.1) is 11.6 Å². The van der Waals surface area contributed by atoms with E-state index in [2.05, 4.69) is 70.5 Å². The first-order chi connectivity index (χ1) is 19.5.